The summed E-state index contributed by atoms with van der Waals surface area (Å²) in [5.74, 6) is 2.23. The molecule has 1 aliphatic heterocycles. The third-order valence-corrected chi connectivity index (χ3v) is 6.03. The van der Waals surface area contributed by atoms with E-state index in [1.165, 1.54) is 17.2 Å². The largest absolute Gasteiger partial charge is 0.356 e. The van der Waals surface area contributed by atoms with E-state index in [1.54, 1.807) is 11.3 Å². The molecule has 1 saturated heterocycles. The normalized spacial score (nSPS) is 18.5. The van der Waals surface area contributed by atoms with Crippen LogP contribution in [0.3, 0.4) is 0 Å². The van der Waals surface area contributed by atoms with Crippen LogP contribution in [0.15, 0.2) is 10.4 Å². The molecule has 0 radical (unpaired) electrons. The van der Waals surface area contributed by atoms with E-state index < -0.39 is 0 Å². The van der Waals surface area contributed by atoms with Crippen LogP contribution in [0, 0.1) is 6.92 Å². The number of nitrogens with one attached hydrogen (secondary N) is 1. The summed E-state index contributed by atoms with van der Waals surface area (Å²) < 4.78 is 0.318. The van der Waals surface area contributed by atoms with Gasteiger partial charge >= 0.3 is 0 Å². The molecule has 0 bridgehead atoms. The highest BCUT2D eigenvalue weighted by Crippen LogP contribution is 2.29. The number of aromatic nitrogens is 1. The molecule has 124 valence electrons. The summed E-state index contributed by atoms with van der Waals surface area (Å²) in [4.78, 5) is 11.4. The van der Waals surface area contributed by atoms with Crippen LogP contribution in [0.1, 0.15) is 37.4 Å². The molecule has 22 heavy (non-hydrogen) atoms. The van der Waals surface area contributed by atoms with Crippen LogP contribution in [0.2, 0.25) is 0 Å². The maximum Gasteiger partial charge on any atom is 0.193 e. The summed E-state index contributed by atoms with van der Waals surface area (Å²) in [6.07, 6.45) is 3.42. The number of hydrogen-bond donors (Lipinski definition) is 1. The van der Waals surface area contributed by atoms with Crippen molar-refractivity contribution in [3.05, 3.63) is 16.1 Å². The van der Waals surface area contributed by atoms with Crippen LogP contribution in [-0.4, -0.2) is 53.0 Å². The number of aliphatic imine (C=N–C) groups is 1. The second kappa shape index (κ2) is 8.20. The third kappa shape index (κ3) is 5.47. The summed E-state index contributed by atoms with van der Waals surface area (Å²) >= 11 is 3.83. The van der Waals surface area contributed by atoms with Crippen molar-refractivity contribution in [3.8, 4) is 0 Å². The van der Waals surface area contributed by atoms with Crippen molar-refractivity contribution in [2.45, 2.75) is 44.8 Å². The SMILES string of the molecule is CN=C(NCCCCc1nc(C)cs1)N1CCSC(C)(C)C1. The van der Waals surface area contributed by atoms with Gasteiger partial charge in [0.1, 0.15) is 0 Å². The summed E-state index contributed by atoms with van der Waals surface area (Å²) in [7, 11) is 1.88. The van der Waals surface area contributed by atoms with Gasteiger partial charge in [-0.2, -0.15) is 11.8 Å². The van der Waals surface area contributed by atoms with E-state index in [4.69, 9.17) is 0 Å². The van der Waals surface area contributed by atoms with E-state index in [9.17, 15) is 0 Å². The lowest BCUT2D eigenvalue weighted by atomic mass is 10.2. The van der Waals surface area contributed by atoms with Crippen LogP contribution in [0.4, 0.5) is 0 Å². The topological polar surface area (TPSA) is 40.5 Å². The molecule has 0 atom stereocenters. The molecular weight excluding hydrogens is 312 g/mol. The summed E-state index contributed by atoms with van der Waals surface area (Å²) in [6.45, 7) is 9.83. The molecule has 4 nitrogen and oxygen atoms in total. The first-order valence-electron chi connectivity index (χ1n) is 8.01. The molecule has 1 aromatic heterocycles. The molecule has 1 N–H and O–H groups in total. The van der Waals surface area contributed by atoms with Crippen LogP contribution >= 0.6 is 23.1 Å². The molecule has 6 heteroatoms. The molecule has 0 aromatic carbocycles. The summed E-state index contributed by atoms with van der Waals surface area (Å²) in [6, 6.07) is 0. The average Bonchev–Trinajstić information content (AvgIpc) is 2.87. The molecule has 0 spiro atoms. The predicted octanol–water partition coefficient (Wildman–Crippen LogP) is 3.18. The van der Waals surface area contributed by atoms with Crippen molar-refractivity contribution in [2.75, 3.05) is 32.4 Å². The first-order valence-corrected chi connectivity index (χ1v) is 9.87. The van der Waals surface area contributed by atoms with Crippen LogP contribution < -0.4 is 5.32 Å². The quantitative estimate of drug-likeness (QED) is 0.508. The van der Waals surface area contributed by atoms with Gasteiger partial charge in [-0.05, 0) is 40.0 Å². The molecule has 1 aromatic rings. The Morgan fingerprint density at radius 2 is 2.27 bits per heavy atom. The Morgan fingerprint density at radius 1 is 1.45 bits per heavy atom. The maximum atomic E-state index is 4.51. The van der Waals surface area contributed by atoms with E-state index in [0.29, 0.717) is 4.75 Å². The Balaban J connectivity index is 1.68. The van der Waals surface area contributed by atoms with Gasteiger partial charge in [-0.1, -0.05) is 0 Å². The zero-order valence-corrected chi connectivity index (χ0v) is 15.8. The van der Waals surface area contributed by atoms with Crippen LogP contribution in [0.25, 0.3) is 0 Å². The predicted molar refractivity (Wildman–Crippen MR) is 99.3 cm³/mol. The Bertz CT molecular complexity index is 496. The minimum atomic E-state index is 0.318. The van der Waals surface area contributed by atoms with Crippen molar-refractivity contribution in [1.82, 2.24) is 15.2 Å². The summed E-state index contributed by atoms with van der Waals surface area (Å²) in [5.41, 5.74) is 1.14. The molecule has 2 rings (SSSR count). The molecule has 2 heterocycles. The highest BCUT2D eigenvalue weighted by Gasteiger charge is 2.28. The molecule has 0 saturated carbocycles. The number of aryl methyl sites for hydroxylation is 2. The lowest BCUT2D eigenvalue weighted by molar-refractivity contribution is 0.375. The summed E-state index contributed by atoms with van der Waals surface area (Å²) in [5, 5.41) is 6.91. The number of thioether (sulfide) groups is 1. The van der Waals surface area contributed by atoms with Crippen LogP contribution in [0.5, 0.6) is 0 Å². The highest BCUT2D eigenvalue weighted by molar-refractivity contribution is 8.00. The number of rotatable bonds is 5. The number of unbranched alkanes of at least 4 members (excludes halogenated alkanes) is 1. The van der Waals surface area contributed by atoms with Crippen molar-refractivity contribution in [1.29, 1.82) is 0 Å². The lowest BCUT2D eigenvalue weighted by Crippen LogP contribution is -2.51. The molecule has 0 unspecified atom stereocenters. The van der Waals surface area contributed by atoms with E-state index in [0.717, 1.165) is 44.1 Å². The molecule has 0 aliphatic carbocycles. The molecule has 1 aliphatic rings. The Hall–Kier alpha value is -0.750. The fraction of sp³-hybridized carbons (Fsp3) is 0.750. The van der Waals surface area contributed by atoms with Crippen molar-refractivity contribution < 1.29 is 0 Å². The minimum Gasteiger partial charge on any atom is -0.356 e. The van der Waals surface area contributed by atoms with E-state index >= 15 is 0 Å². The molecular formula is C16H28N4S2. The van der Waals surface area contributed by atoms with Crippen LogP contribution in [-0.2, 0) is 6.42 Å². The van der Waals surface area contributed by atoms with Gasteiger partial charge in [0, 0.05) is 48.3 Å². The first kappa shape index (κ1) is 17.6. The van der Waals surface area contributed by atoms with Crippen molar-refractivity contribution >= 4 is 29.1 Å². The monoisotopic (exact) mass is 340 g/mol. The Morgan fingerprint density at radius 3 is 2.91 bits per heavy atom. The van der Waals surface area contributed by atoms with E-state index in [1.807, 2.05) is 7.05 Å². The van der Waals surface area contributed by atoms with Gasteiger partial charge in [0.2, 0.25) is 0 Å². The fourth-order valence-corrected chi connectivity index (χ4v) is 4.58. The van der Waals surface area contributed by atoms with Crippen molar-refractivity contribution in [3.63, 3.8) is 0 Å². The number of thiazole rings is 1. The Kier molecular flexibility index (Phi) is 6.56. The van der Waals surface area contributed by atoms with Gasteiger partial charge in [0.05, 0.1) is 5.01 Å². The third-order valence-electron chi connectivity index (χ3n) is 3.70. The van der Waals surface area contributed by atoms with E-state index in [-0.39, 0.29) is 0 Å². The average molecular weight is 341 g/mol. The maximum absolute atomic E-state index is 4.51. The molecule has 0 amide bonds. The van der Waals surface area contributed by atoms with Gasteiger partial charge in [0.15, 0.2) is 5.96 Å². The zero-order valence-electron chi connectivity index (χ0n) is 14.2. The van der Waals surface area contributed by atoms with Gasteiger partial charge < -0.3 is 10.2 Å². The number of hydrogen-bond acceptors (Lipinski definition) is 4. The second-order valence-electron chi connectivity index (χ2n) is 6.34. The van der Waals surface area contributed by atoms with Gasteiger partial charge in [-0.25, -0.2) is 4.98 Å². The second-order valence-corrected chi connectivity index (χ2v) is 9.09. The minimum absolute atomic E-state index is 0.318. The zero-order chi connectivity index (χ0) is 16.0. The Labute approximate surface area is 142 Å². The van der Waals surface area contributed by atoms with Gasteiger partial charge in [-0.15, -0.1) is 11.3 Å². The van der Waals surface area contributed by atoms with Gasteiger partial charge in [0.25, 0.3) is 0 Å². The standard InChI is InChI=1S/C16H28N4S2/c1-13-11-21-14(19-13)7-5-6-8-18-15(17-4)20-9-10-22-16(2,3)12-20/h11H,5-10,12H2,1-4H3,(H,17,18). The smallest absolute Gasteiger partial charge is 0.193 e. The molecule has 1 fully saturated rings. The first-order chi connectivity index (χ1) is 10.5. The number of nitrogens with zero attached hydrogens (tertiary/aromatic N) is 3. The van der Waals surface area contributed by atoms with Gasteiger partial charge in [-0.3, -0.25) is 4.99 Å². The highest BCUT2D eigenvalue weighted by atomic mass is 32.2. The number of guanidine groups is 1. The fourth-order valence-electron chi connectivity index (χ4n) is 2.65. The van der Waals surface area contributed by atoms with E-state index in [2.05, 4.69) is 58.1 Å². The lowest BCUT2D eigenvalue weighted by Gasteiger charge is -2.39. The van der Waals surface area contributed by atoms with Crippen molar-refractivity contribution in [2.24, 2.45) is 4.99 Å².